The second-order valence-corrected chi connectivity index (χ2v) is 11.9. The predicted octanol–water partition coefficient (Wildman–Crippen LogP) is 2.95. The minimum atomic E-state index is -1.50. The van der Waals surface area contributed by atoms with E-state index in [-0.39, 0.29) is 26.1 Å². The van der Waals surface area contributed by atoms with Crippen LogP contribution >= 0.6 is 0 Å². The molecule has 2 aliphatic carbocycles. The van der Waals surface area contributed by atoms with Crippen LogP contribution in [0.5, 0.6) is 0 Å². The predicted molar refractivity (Wildman–Crippen MR) is 137 cm³/mol. The van der Waals surface area contributed by atoms with Gasteiger partial charge in [0, 0.05) is 43.8 Å². The SMILES string of the molecule is C/C=C(\C)C(=O)O[C@H]1C[C@](C)(O)[C@](C)([C@H](CC2=CC(=O)OC2)OC(C)=O)[C@H]2CCC[C@]3(CO3)[C@]12COC(C)=O. The molecule has 1 N–H and O–H groups in total. The zero-order chi connectivity index (χ0) is 28.8. The van der Waals surface area contributed by atoms with Crippen LogP contribution in [-0.2, 0) is 42.9 Å². The van der Waals surface area contributed by atoms with Gasteiger partial charge < -0.3 is 28.8 Å². The molecule has 0 aromatic rings. The lowest BCUT2D eigenvalue weighted by molar-refractivity contribution is -0.287. The number of carbonyl (C=O) groups excluding carboxylic acids is 4. The second kappa shape index (κ2) is 10.4. The summed E-state index contributed by atoms with van der Waals surface area (Å²) >= 11 is 0. The highest BCUT2D eigenvalue weighted by Gasteiger charge is 2.78. The van der Waals surface area contributed by atoms with Gasteiger partial charge in [0.1, 0.15) is 31.0 Å². The molecule has 4 aliphatic rings. The van der Waals surface area contributed by atoms with Crippen LogP contribution in [0.3, 0.4) is 0 Å². The minimum absolute atomic E-state index is 0.00134. The van der Waals surface area contributed by atoms with E-state index >= 15 is 0 Å². The molecule has 0 amide bonds. The third-order valence-electron chi connectivity index (χ3n) is 9.74. The average Bonchev–Trinajstić information content (AvgIpc) is 3.51. The molecular formula is C29H40O10. The molecule has 0 unspecified atom stereocenters. The van der Waals surface area contributed by atoms with E-state index in [0.717, 1.165) is 6.42 Å². The molecule has 7 atom stereocenters. The zero-order valence-electron chi connectivity index (χ0n) is 23.7. The molecule has 39 heavy (non-hydrogen) atoms. The van der Waals surface area contributed by atoms with Gasteiger partial charge >= 0.3 is 23.9 Å². The Morgan fingerprint density at radius 3 is 2.44 bits per heavy atom. The Morgan fingerprint density at radius 2 is 1.90 bits per heavy atom. The van der Waals surface area contributed by atoms with Crippen LogP contribution in [0.1, 0.15) is 73.6 Å². The van der Waals surface area contributed by atoms with Gasteiger partial charge in [0.25, 0.3) is 0 Å². The molecule has 0 aromatic carbocycles. The number of esters is 4. The van der Waals surface area contributed by atoms with Crippen molar-refractivity contribution in [3.63, 3.8) is 0 Å². The Bertz CT molecular complexity index is 1100. The maximum absolute atomic E-state index is 13.1. The van der Waals surface area contributed by atoms with E-state index in [0.29, 0.717) is 30.6 Å². The van der Waals surface area contributed by atoms with Gasteiger partial charge in [-0.05, 0) is 45.1 Å². The molecule has 1 saturated heterocycles. The lowest BCUT2D eigenvalue weighted by Crippen LogP contribution is -2.74. The van der Waals surface area contributed by atoms with Gasteiger partial charge in [0.15, 0.2) is 0 Å². The molecule has 2 aliphatic heterocycles. The number of carbonyl (C=O) groups is 4. The third-order valence-corrected chi connectivity index (χ3v) is 9.74. The van der Waals surface area contributed by atoms with Gasteiger partial charge in [0.2, 0.25) is 0 Å². The zero-order valence-corrected chi connectivity index (χ0v) is 23.7. The molecule has 4 rings (SSSR count). The van der Waals surface area contributed by atoms with Crippen LogP contribution in [0.4, 0.5) is 0 Å². The standard InChI is InChI=1S/C29H40O10/c1-7-17(2)25(33)39-23-13-26(5,34)27(6,22(38-19(4)31)11-20-12-24(32)35-14-20)21-9-8-10-28(15-37-28)29(21,23)16-36-18(3)30/h7,12,21-23,34H,8-11,13-16H2,1-6H3/b17-7+/t21-,22+,23+,26+,27+,28+,29+/m1/s1. The quantitative estimate of drug-likeness (QED) is 0.208. The van der Waals surface area contributed by atoms with Crippen molar-refractivity contribution in [2.45, 2.75) is 97.1 Å². The first-order valence-electron chi connectivity index (χ1n) is 13.6. The molecule has 10 nitrogen and oxygen atoms in total. The molecular weight excluding hydrogens is 508 g/mol. The fourth-order valence-corrected chi connectivity index (χ4v) is 7.34. The Kier molecular flexibility index (Phi) is 7.77. The molecule has 1 spiro atoms. The first-order chi connectivity index (χ1) is 18.2. The number of fused-ring (bicyclic) bond motifs is 2. The number of rotatable bonds is 8. The van der Waals surface area contributed by atoms with Gasteiger partial charge in [-0.1, -0.05) is 19.4 Å². The minimum Gasteiger partial charge on any atom is -0.465 e. The van der Waals surface area contributed by atoms with Gasteiger partial charge in [0.05, 0.1) is 17.6 Å². The normalized spacial score (nSPS) is 38.3. The summed E-state index contributed by atoms with van der Waals surface area (Å²) in [4.78, 5) is 49.5. The fraction of sp³-hybridized carbons (Fsp3) is 0.724. The lowest BCUT2D eigenvalue weighted by Gasteiger charge is -2.66. The van der Waals surface area contributed by atoms with Gasteiger partial charge in [-0.2, -0.15) is 0 Å². The van der Waals surface area contributed by atoms with Crippen molar-refractivity contribution >= 4 is 23.9 Å². The van der Waals surface area contributed by atoms with Crippen molar-refractivity contribution in [1.29, 1.82) is 0 Å². The topological polar surface area (TPSA) is 138 Å². The number of cyclic esters (lactones) is 1. The summed E-state index contributed by atoms with van der Waals surface area (Å²) in [6.07, 6.45) is 3.54. The van der Waals surface area contributed by atoms with Crippen molar-refractivity contribution < 1.29 is 48.0 Å². The Hall–Kier alpha value is -2.72. The number of epoxide rings is 1. The monoisotopic (exact) mass is 548 g/mol. The van der Waals surface area contributed by atoms with Crippen molar-refractivity contribution in [3.05, 3.63) is 23.3 Å². The summed E-state index contributed by atoms with van der Waals surface area (Å²) in [6.45, 7) is 9.96. The maximum atomic E-state index is 13.1. The van der Waals surface area contributed by atoms with E-state index in [4.69, 9.17) is 23.7 Å². The van der Waals surface area contributed by atoms with E-state index in [1.54, 1.807) is 26.8 Å². The van der Waals surface area contributed by atoms with E-state index in [9.17, 15) is 24.3 Å². The van der Waals surface area contributed by atoms with Crippen molar-refractivity contribution in [3.8, 4) is 0 Å². The van der Waals surface area contributed by atoms with Crippen LogP contribution in [0, 0.1) is 16.7 Å². The highest BCUT2D eigenvalue weighted by Crippen LogP contribution is 2.70. The average molecular weight is 549 g/mol. The molecule has 3 fully saturated rings. The number of hydrogen-bond acceptors (Lipinski definition) is 10. The Morgan fingerprint density at radius 1 is 1.21 bits per heavy atom. The van der Waals surface area contributed by atoms with Crippen LogP contribution in [-0.4, -0.2) is 72.2 Å². The highest BCUT2D eigenvalue weighted by molar-refractivity contribution is 5.88. The lowest BCUT2D eigenvalue weighted by atomic mass is 9.41. The third kappa shape index (κ3) is 4.90. The Balaban J connectivity index is 1.88. The second-order valence-electron chi connectivity index (χ2n) is 11.9. The largest absolute Gasteiger partial charge is 0.465 e. The first kappa shape index (κ1) is 29.3. The summed E-state index contributed by atoms with van der Waals surface area (Å²) in [5, 5.41) is 12.2. The Labute approximate surface area is 229 Å². The van der Waals surface area contributed by atoms with Crippen molar-refractivity contribution in [1.82, 2.24) is 0 Å². The summed E-state index contributed by atoms with van der Waals surface area (Å²) in [7, 11) is 0. The van der Waals surface area contributed by atoms with Crippen LogP contribution in [0.15, 0.2) is 23.3 Å². The fourth-order valence-electron chi connectivity index (χ4n) is 7.34. The summed E-state index contributed by atoms with van der Waals surface area (Å²) in [5.41, 5.74) is -3.28. The molecule has 10 heteroatoms. The van der Waals surface area contributed by atoms with Crippen LogP contribution in [0.2, 0.25) is 0 Å². The molecule has 216 valence electrons. The van der Waals surface area contributed by atoms with E-state index < -0.39 is 64.0 Å². The molecule has 0 aromatic heterocycles. The first-order valence-corrected chi connectivity index (χ1v) is 13.6. The van der Waals surface area contributed by atoms with Crippen LogP contribution in [0.25, 0.3) is 0 Å². The molecule has 0 radical (unpaired) electrons. The maximum Gasteiger partial charge on any atom is 0.333 e. The molecule has 2 heterocycles. The summed E-state index contributed by atoms with van der Waals surface area (Å²) < 4.78 is 29.0. The van der Waals surface area contributed by atoms with Gasteiger partial charge in [-0.3, -0.25) is 9.59 Å². The number of allylic oxidation sites excluding steroid dienone is 1. The van der Waals surface area contributed by atoms with Gasteiger partial charge in [-0.25, -0.2) is 9.59 Å². The number of hydrogen-bond donors (Lipinski definition) is 1. The van der Waals surface area contributed by atoms with Crippen molar-refractivity contribution in [2.24, 2.45) is 16.7 Å². The molecule has 2 saturated carbocycles. The van der Waals surface area contributed by atoms with E-state index in [1.807, 2.05) is 6.92 Å². The van der Waals surface area contributed by atoms with E-state index in [2.05, 4.69) is 0 Å². The summed E-state index contributed by atoms with van der Waals surface area (Å²) in [6, 6.07) is 0. The molecule has 0 bridgehead atoms. The van der Waals surface area contributed by atoms with Crippen LogP contribution < -0.4 is 0 Å². The number of aliphatic hydroxyl groups is 1. The highest BCUT2D eigenvalue weighted by atomic mass is 16.6. The smallest absolute Gasteiger partial charge is 0.333 e. The van der Waals surface area contributed by atoms with Gasteiger partial charge in [-0.15, -0.1) is 0 Å². The van der Waals surface area contributed by atoms with Crippen molar-refractivity contribution in [2.75, 3.05) is 19.8 Å². The number of ether oxygens (including phenoxy) is 5. The van der Waals surface area contributed by atoms with E-state index in [1.165, 1.54) is 19.9 Å². The summed E-state index contributed by atoms with van der Waals surface area (Å²) in [5.74, 6) is -2.45.